The molecule has 2 aromatic rings. The third kappa shape index (κ3) is 4.71. The predicted molar refractivity (Wildman–Crippen MR) is 85.6 cm³/mol. The molecule has 0 spiro atoms. The molecule has 0 bridgehead atoms. The third-order valence-electron chi connectivity index (χ3n) is 2.75. The summed E-state index contributed by atoms with van der Waals surface area (Å²) in [5.74, 6) is 0.688. The minimum absolute atomic E-state index is 0.688. The number of halogens is 1. The van der Waals surface area contributed by atoms with E-state index in [-0.39, 0.29) is 0 Å². The molecular weight excluding hydrogens is 320 g/mol. The highest BCUT2D eigenvalue weighted by atomic mass is 79.9. The fourth-order valence-electron chi connectivity index (χ4n) is 1.80. The second kappa shape index (κ2) is 7.17. The van der Waals surface area contributed by atoms with Crippen molar-refractivity contribution in [1.29, 1.82) is 0 Å². The summed E-state index contributed by atoms with van der Waals surface area (Å²) in [5, 5.41) is 4.63. The van der Waals surface area contributed by atoms with Crippen LogP contribution in [0.1, 0.15) is 29.3 Å². The lowest BCUT2D eigenvalue weighted by Gasteiger charge is -2.04. The van der Waals surface area contributed by atoms with Crippen LogP contribution in [0.3, 0.4) is 0 Å². The van der Waals surface area contributed by atoms with Crippen LogP contribution in [-0.2, 0) is 13.0 Å². The monoisotopic (exact) mass is 338 g/mol. The van der Waals surface area contributed by atoms with Gasteiger partial charge in [-0.3, -0.25) is 0 Å². The fraction of sp³-hybridized carbons (Fsp3) is 0.400. The Hall–Kier alpha value is -0.710. The van der Waals surface area contributed by atoms with Crippen LogP contribution in [0.5, 0.6) is 0 Å². The van der Waals surface area contributed by atoms with E-state index in [0.29, 0.717) is 5.92 Å². The zero-order valence-electron chi connectivity index (χ0n) is 11.3. The van der Waals surface area contributed by atoms with Gasteiger partial charge in [-0.25, -0.2) is 4.98 Å². The van der Waals surface area contributed by atoms with Gasteiger partial charge in [-0.05, 0) is 24.1 Å². The van der Waals surface area contributed by atoms with Crippen molar-refractivity contribution in [2.24, 2.45) is 5.92 Å². The SMILES string of the molecule is CC(C)CNCc1cnc(Cc2ccccc2Br)s1. The lowest BCUT2D eigenvalue weighted by molar-refractivity contribution is 0.554. The summed E-state index contributed by atoms with van der Waals surface area (Å²) in [4.78, 5) is 5.82. The van der Waals surface area contributed by atoms with Crippen LogP contribution >= 0.6 is 27.3 Å². The first-order chi connectivity index (χ1) is 9.15. The highest BCUT2D eigenvalue weighted by molar-refractivity contribution is 9.10. The quantitative estimate of drug-likeness (QED) is 0.851. The molecule has 0 aliphatic rings. The van der Waals surface area contributed by atoms with E-state index in [2.05, 4.69) is 58.3 Å². The maximum Gasteiger partial charge on any atom is 0.0972 e. The lowest BCUT2D eigenvalue weighted by atomic mass is 10.2. The predicted octanol–water partition coefficient (Wildman–Crippen LogP) is 4.24. The topological polar surface area (TPSA) is 24.9 Å². The summed E-state index contributed by atoms with van der Waals surface area (Å²) in [6, 6.07) is 8.33. The Morgan fingerprint density at radius 1 is 1.32 bits per heavy atom. The van der Waals surface area contributed by atoms with Gasteiger partial charge in [0.15, 0.2) is 0 Å². The van der Waals surface area contributed by atoms with E-state index in [1.54, 1.807) is 11.3 Å². The van der Waals surface area contributed by atoms with Gasteiger partial charge in [0.1, 0.15) is 0 Å². The Balaban J connectivity index is 1.92. The van der Waals surface area contributed by atoms with Gasteiger partial charge in [-0.2, -0.15) is 0 Å². The summed E-state index contributed by atoms with van der Waals surface area (Å²) in [7, 11) is 0. The van der Waals surface area contributed by atoms with E-state index in [1.165, 1.54) is 15.4 Å². The van der Waals surface area contributed by atoms with Crippen molar-refractivity contribution in [3.05, 3.63) is 50.4 Å². The van der Waals surface area contributed by atoms with Crippen LogP contribution in [0.2, 0.25) is 0 Å². The van der Waals surface area contributed by atoms with Gasteiger partial charge in [0.2, 0.25) is 0 Å². The first kappa shape index (κ1) is 14.7. The van der Waals surface area contributed by atoms with E-state index in [4.69, 9.17) is 0 Å². The van der Waals surface area contributed by atoms with Crippen LogP contribution in [0, 0.1) is 5.92 Å². The number of hydrogen-bond donors (Lipinski definition) is 1. The van der Waals surface area contributed by atoms with Crippen molar-refractivity contribution >= 4 is 27.3 Å². The van der Waals surface area contributed by atoms with Crippen molar-refractivity contribution in [2.75, 3.05) is 6.54 Å². The minimum atomic E-state index is 0.688. The zero-order chi connectivity index (χ0) is 13.7. The Morgan fingerprint density at radius 3 is 2.84 bits per heavy atom. The van der Waals surface area contributed by atoms with Crippen LogP contribution < -0.4 is 5.32 Å². The fourth-order valence-corrected chi connectivity index (χ4v) is 3.14. The molecule has 1 heterocycles. The summed E-state index contributed by atoms with van der Waals surface area (Å²) < 4.78 is 1.16. The standard InChI is InChI=1S/C15H19BrN2S/c1-11(2)8-17-9-13-10-18-15(19-13)7-12-5-3-4-6-14(12)16/h3-6,10-11,17H,7-9H2,1-2H3. The molecule has 0 amide bonds. The molecule has 1 aromatic carbocycles. The van der Waals surface area contributed by atoms with Crippen LogP contribution in [0.25, 0.3) is 0 Å². The van der Waals surface area contributed by atoms with E-state index in [0.717, 1.165) is 24.0 Å². The molecule has 102 valence electrons. The second-order valence-corrected chi connectivity index (χ2v) is 7.07. The van der Waals surface area contributed by atoms with Crippen molar-refractivity contribution in [3.63, 3.8) is 0 Å². The molecular formula is C15H19BrN2S. The molecule has 0 unspecified atom stereocenters. The van der Waals surface area contributed by atoms with Crippen molar-refractivity contribution in [3.8, 4) is 0 Å². The Bertz CT molecular complexity index is 522. The van der Waals surface area contributed by atoms with E-state index >= 15 is 0 Å². The highest BCUT2D eigenvalue weighted by Crippen LogP contribution is 2.22. The normalized spacial score (nSPS) is 11.2. The molecule has 0 atom stereocenters. The number of rotatable bonds is 6. The number of thiazole rings is 1. The molecule has 2 rings (SSSR count). The highest BCUT2D eigenvalue weighted by Gasteiger charge is 2.05. The summed E-state index contributed by atoms with van der Waals surface area (Å²) in [6.07, 6.45) is 2.89. The second-order valence-electron chi connectivity index (χ2n) is 5.01. The Kier molecular flexibility index (Phi) is 5.55. The van der Waals surface area contributed by atoms with Gasteiger partial charge in [-0.15, -0.1) is 11.3 Å². The van der Waals surface area contributed by atoms with Crippen molar-refractivity contribution in [2.45, 2.75) is 26.8 Å². The summed E-state index contributed by atoms with van der Waals surface area (Å²) >= 11 is 5.38. The molecule has 2 nitrogen and oxygen atoms in total. The lowest BCUT2D eigenvalue weighted by Crippen LogP contribution is -2.18. The number of aromatic nitrogens is 1. The first-order valence-corrected chi connectivity index (χ1v) is 8.14. The van der Waals surface area contributed by atoms with Gasteiger partial charge in [0.05, 0.1) is 5.01 Å². The molecule has 19 heavy (non-hydrogen) atoms. The smallest absolute Gasteiger partial charge is 0.0972 e. The molecule has 1 aromatic heterocycles. The van der Waals surface area contributed by atoms with E-state index in [9.17, 15) is 0 Å². The molecule has 1 N–H and O–H groups in total. The van der Waals surface area contributed by atoms with Gasteiger partial charge in [0, 0.05) is 28.5 Å². The van der Waals surface area contributed by atoms with Gasteiger partial charge < -0.3 is 5.32 Å². The molecule has 0 radical (unpaired) electrons. The van der Waals surface area contributed by atoms with Gasteiger partial charge in [-0.1, -0.05) is 48.0 Å². The summed E-state index contributed by atoms with van der Waals surface area (Å²) in [6.45, 7) is 6.42. The average molecular weight is 339 g/mol. The number of hydrogen-bond acceptors (Lipinski definition) is 3. The maximum atomic E-state index is 4.51. The number of nitrogens with one attached hydrogen (secondary N) is 1. The molecule has 0 fully saturated rings. The number of nitrogens with zero attached hydrogens (tertiary/aromatic N) is 1. The van der Waals surface area contributed by atoms with Gasteiger partial charge >= 0.3 is 0 Å². The summed E-state index contributed by atoms with van der Waals surface area (Å²) in [5.41, 5.74) is 1.29. The number of benzene rings is 1. The molecule has 0 saturated heterocycles. The molecule has 4 heteroatoms. The minimum Gasteiger partial charge on any atom is -0.312 e. The average Bonchev–Trinajstić information content (AvgIpc) is 2.79. The zero-order valence-corrected chi connectivity index (χ0v) is 13.7. The van der Waals surface area contributed by atoms with Crippen LogP contribution in [0.15, 0.2) is 34.9 Å². The molecule has 0 aliphatic heterocycles. The van der Waals surface area contributed by atoms with Crippen molar-refractivity contribution in [1.82, 2.24) is 10.3 Å². The van der Waals surface area contributed by atoms with Crippen LogP contribution in [0.4, 0.5) is 0 Å². The largest absolute Gasteiger partial charge is 0.312 e. The van der Waals surface area contributed by atoms with Crippen LogP contribution in [-0.4, -0.2) is 11.5 Å². The third-order valence-corrected chi connectivity index (χ3v) is 4.52. The van der Waals surface area contributed by atoms with Crippen molar-refractivity contribution < 1.29 is 0 Å². The maximum absolute atomic E-state index is 4.51. The Labute approximate surface area is 127 Å². The Morgan fingerprint density at radius 2 is 2.11 bits per heavy atom. The first-order valence-electron chi connectivity index (χ1n) is 6.53. The van der Waals surface area contributed by atoms with Gasteiger partial charge in [0.25, 0.3) is 0 Å². The van der Waals surface area contributed by atoms with E-state index in [1.807, 2.05) is 12.3 Å². The molecule has 0 aliphatic carbocycles. The molecule has 0 saturated carbocycles. The van der Waals surface area contributed by atoms with E-state index < -0.39 is 0 Å².